The summed E-state index contributed by atoms with van der Waals surface area (Å²) < 4.78 is 12.7. The summed E-state index contributed by atoms with van der Waals surface area (Å²) in [5.41, 5.74) is 8.56. The van der Waals surface area contributed by atoms with E-state index in [-0.39, 0.29) is 7.92 Å². The summed E-state index contributed by atoms with van der Waals surface area (Å²) in [6.07, 6.45) is 13.8. The first-order chi connectivity index (χ1) is 20.3. The van der Waals surface area contributed by atoms with E-state index >= 15 is 0 Å². The first kappa shape index (κ1) is 28.0. The molecule has 0 bridgehead atoms. The lowest BCUT2D eigenvalue weighted by atomic mass is 9.90. The van der Waals surface area contributed by atoms with Gasteiger partial charge in [-0.3, -0.25) is 0 Å². The zero-order valence-electron chi connectivity index (χ0n) is 24.6. The monoisotopic (exact) mass is 562 g/mol. The van der Waals surface area contributed by atoms with Gasteiger partial charge in [-0.05, 0) is 65.1 Å². The van der Waals surface area contributed by atoms with Crippen molar-refractivity contribution in [2.24, 2.45) is 0 Å². The topological polar surface area (TPSA) is 18.5 Å². The lowest BCUT2D eigenvalue weighted by Crippen LogP contribution is -2.27. The van der Waals surface area contributed by atoms with Crippen LogP contribution in [0.3, 0.4) is 0 Å². The van der Waals surface area contributed by atoms with Gasteiger partial charge in [-0.2, -0.15) is 0 Å². The Morgan fingerprint density at radius 1 is 0.512 bits per heavy atom. The van der Waals surface area contributed by atoms with Gasteiger partial charge in [0.2, 0.25) is 0 Å². The van der Waals surface area contributed by atoms with Crippen LogP contribution in [0, 0.1) is 0 Å². The van der Waals surface area contributed by atoms with Crippen molar-refractivity contribution in [3.63, 3.8) is 0 Å². The average Bonchev–Trinajstić information content (AvgIpc) is 3.06. The average molecular weight is 563 g/mol. The molecule has 3 heteroatoms. The van der Waals surface area contributed by atoms with E-state index in [9.17, 15) is 0 Å². The zero-order chi connectivity index (χ0) is 28.0. The molecule has 0 spiro atoms. The third kappa shape index (κ3) is 5.82. The predicted octanol–water partition coefficient (Wildman–Crippen LogP) is 10.5. The highest BCUT2D eigenvalue weighted by Gasteiger charge is 2.35. The minimum absolute atomic E-state index is 0.310. The van der Waals surface area contributed by atoms with Crippen LogP contribution in [0.5, 0.6) is 11.5 Å². The third-order valence-corrected chi connectivity index (χ3v) is 12.8. The first-order valence-electron chi connectivity index (χ1n) is 15.6. The Morgan fingerprint density at radius 2 is 0.951 bits per heavy atom. The second-order valence-corrected chi connectivity index (χ2v) is 14.4. The van der Waals surface area contributed by atoms with Crippen molar-refractivity contribution in [3.8, 4) is 44.9 Å². The van der Waals surface area contributed by atoms with Crippen LogP contribution in [0.15, 0.2) is 91.0 Å². The van der Waals surface area contributed by atoms with Crippen LogP contribution in [0.2, 0.25) is 0 Å². The van der Waals surface area contributed by atoms with Gasteiger partial charge in [0.15, 0.2) is 0 Å². The Hall–Kier alpha value is -3.09. The maximum absolute atomic E-state index is 6.37. The number of benzene rings is 4. The lowest BCUT2D eigenvalue weighted by Gasteiger charge is -2.40. The Labute approximate surface area is 247 Å². The van der Waals surface area contributed by atoms with Crippen molar-refractivity contribution in [2.75, 3.05) is 14.2 Å². The fraction of sp³-hybridized carbons (Fsp3) is 0.368. The number of hydrogen-bond donors (Lipinski definition) is 0. The van der Waals surface area contributed by atoms with Gasteiger partial charge in [-0.25, -0.2) is 0 Å². The smallest absolute Gasteiger partial charge is 0.138 e. The second-order valence-electron chi connectivity index (χ2n) is 11.7. The molecule has 2 saturated carbocycles. The molecule has 0 saturated heterocycles. The summed E-state index contributed by atoms with van der Waals surface area (Å²) in [4.78, 5) is 0. The molecule has 2 fully saturated rings. The quantitative estimate of drug-likeness (QED) is 0.199. The molecule has 0 radical (unpaired) electrons. The maximum Gasteiger partial charge on any atom is 0.138 e. The van der Waals surface area contributed by atoms with Crippen LogP contribution in [0.25, 0.3) is 33.4 Å². The van der Waals surface area contributed by atoms with E-state index in [1.807, 2.05) is 14.2 Å². The van der Waals surface area contributed by atoms with Gasteiger partial charge in [-0.15, -0.1) is 0 Å². The molecule has 0 atom stereocenters. The van der Waals surface area contributed by atoms with Gasteiger partial charge < -0.3 is 9.47 Å². The standard InChI is InChI=1S/C38H43O2P/c1-39-37-33(28-17-7-3-8-18-28)27-34(29-19-9-4-10-20-29)38(40-2)36(37)32-25-15-16-26-35(32)41(30-21-11-5-12-22-30)31-23-13-6-14-24-31/h3-4,7-10,15-20,25-27,30-31H,5-6,11-14,21-24H2,1-2H3. The Kier molecular flexibility index (Phi) is 9.07. The largest absolute Gasteiger partial charge is 0.495 e. The number of ether oxygens (including phenoxy) is 2. The Balaban J connectivity index is 1.62. The SMILES string of the molecule is COc1c(-c2ccccc2)cc(-c2ccccc2)c(OC)c1-c1ccccc1P(C1CCCCC1)C1CCCCC1. The van der Waals surface area contributed by atoms with E-state index in [1.165, 1.54) is 69.8 Å². The fourth-order valence-electron chi connectivity index (χ4n) is 7.30. The molecule has 0 heterocycles. The van der Waals surface area contributed by atoms with E-state index in [2.05, 4.69) is 91.0 Å². The highest BCUT2D eigenvalue weighted by molar-refractivity contribution is 7.67. The van der Waals surface area contributed by atoms with Gasteiger partial charge in [0.25, 0.3) is 0 Å². The molecular weight excluding hydrogens is 519 g/mol. The predicted molar refractivity (Wildman–Crippen MR) is 176 cm³/mol. The van der Waals surface area contributed by atoms with Gasteiger partial charge in [0, 0.05) is 11.1 Å². The number of rotatable bonds is 8. The summed E-state index contributed by atoms with van der Waals surface area (Å²) in [6.45, 7) is 0. The molecule has 0 amide bonds. The molecule has 0 aromatic heterocycles. The first-order valence-corrected chi connectivity index (χ1v) is 17.1. The Bertz CT molecular complexity index is 1340. The minimum atomic E-state index is -0.310. The molecule has 0 aliphatic heterocycles. The molecular formula is C38H43O2P. The summed E-state index contributed by atoms with van der Waals surface area (Å²) in [7, 11) is 3.33. The van der Waals surface area contributed by atoms with Crippen molar-refractivity contribution in [3.05, 3.63) is 91.0 Å². The van der Waals surface area contributed by atoms with E-state index < -0.39 is 0 Å². The van der Waals surface area contributed by atoms with Crippen LogP contribution < -0.4 is 14.8 Å². The van der Waals surface area contributed by atoms with Crippen molar-refractivity contribution >= 4 is 13.2 Å². The molecule has 0 N–H and O–H groups in total. The second kappa shape index (κ2) is 13.3. The molecule has 2 nitrogen and oxygen atoms in total. The Morgan fingerprint density at radius 3 is 1.41 bits per heavy atom. The van der Waals surface area contributed by atoms with Crippen LogP contribution in [0.4, 0.5) is 0 Å². The summed E-state index contributed by atoms with van der Waals surface area (Å²) in [5, 5.41) is 1.56. The lowest BCUT2D eigenvalue weighted by molar-refractivity contribution is 0.399. The van der Waals surface area contributed by atoms with Gasteiger partial charge in [-0.1, -0.05) is 131 Å². The third-order valence-electron chi connectivity index (χ3n) is 9.20. The summed E-state index contributed by atoms with van der Waals surface area (Å²) in [6, 6.07) is 32.9. The molecule has 2 aliphatic rings. The van der Waals surface area contributed by atoms with Crippen LogP contribution >= 0.6 is 7.92 Å². The molecule has 0 unspecified atom stereocenters. The van der Waals surface area contributed by atoms with Gasteiger partial charge in [0.1, 0.15) is 11.5 Å². The van der Waals surface area contributed by atoms with Crippen LogP contribution in [-0.2, 0) is 0 Å². The summed E-state index contributed by atoms with van der Waals surface area (Å²) >= 11 is 0. The van der Waals surface area contributed by atoms with Crippen molar-refractivity contribution < 1.29 is 9.47 Å². The van der Waals surface area contributed by atoms with Crippen LogP contribution in [-0.4, -0.2) is 25.5 Å². The van der Waals surface area contributed by atoms with E-state index in [4.69, 9.17) is 9.47 Å². The van der Waals surface area contributed by atoms with E-state index in [0.29, 0.717) is 0 Å². The highest BCUT2D eigenvalue weighted by atomic mass is 31.1. The normalized spacial score (nSPS) is 16.6. The minimum Gasteiger partial charge on any atom is -0.495 e. The summed E-state index contributed by atoms with van der Waals surface area (Å²) in [5.74, 6) is 1.81. The zero-order valence-corrected chi connectivity index (χ0v) is 25.5. The van der Waals surface area contributed by atoms with E-state index in [0.717, 1.165) is 50.6 Å². The maximum atomic E-state index is 6.37. The fourth-order valence-corrected chi connectivity index (χ4v) is 11.2. The van der Waals surface area contributed by atoms with Crippen molar-refractivity contribution in [1.82, 2.24) is 0 Å². The van der Waals surface area contributed by atoms with E-state index in [1.54, 1.807) is 5.30 Å². The van der Waals surface area contributed by atoms with Gasteiger partial charge in [0.05, 0.1) is 19.8 Å². The molecule has 41 heavy (non-hydrogen) atoms. The number of hydrogen-bond acceptors (Lipinski definition) is 2. The van der Waals surface area contributed by atoms with Crippen molar-refractivity contribution in [1.29, 1.82) is 0 Å². The molecule has 2 aliphatic carbocycles. The molecule has 4 aromatic carbocycles. The van der Waals surface area contributed by atoms with Crippen molar-refractivity contribution in [2.45, 2.75) is 75.5 Å². The van der Waals surface area contributed by atoms with Gasteiger partial charge >= 0.3 is 0 Å². The molecule has 6 rings (SSSR count). The molecule has 4 aromatic rings. The molecule has 212 valence electrons. The highest BCUT2D eigenvalue weighted by Crippen LogP contribution is 2.58. The number of methoxy groups -OCH3 is 2. The van der Waals surface area contributed by atoms with Crippen LogP contribution in [0.1, 0.15) is 64.2 Å².